The number of hydrogen-bond donors (Lipinski definition) is 1. The number of rotatable bonds is 3. The van der Waals surface area contributed by atoms with Crippen molar-refractivity contribution in [2.75, 3.05) is 0 Å². The molecule has 0 fully saturated rings. The first-order valence-corrected chi connectivity index (χ1v) is 4.89. The van der Waals surface area contributed by atoms with E-state index in [0.29, 0.717) is 0 Å². The normalized spacial score (nSPS) is 17.1. The summed E-state index contributed by atoms with van der Waals surface area (Å²) in [7, 11) is 0. The summed E-state index contributed by atoms with van der Waals surface area (Å²) in [6, 6.07) is 9.72. The SMILES string of the molecule is C=C(C)C(C)C(C)(O)c1ccccc1. The Morgan fingerprint density at radius 1 is 1.36 bits per heavy atom. The molecular formula is C13H18O. The Morgan fingerprint density at radius 3 is 2.29 bits per heavy atom. The van der Waals surface area contributed by atoms with E-state index in [4.69, 9.17) is 0 Å². The van der Waals surface area contributed by atoms with Crippen LogP contribution in [0.25, 0.3) is 0 Å². The molecule has 1 aromatic carbocycles. The van der Waals surface area contributed by atoms with Gasteiger partial charge in [-0.3, -0.25) is 0 Å². The van der Waals surface area contributed by atoms with Crippen LogP contribution in [0, 0.1) is 5.92 Å². The third-order valence-electron chi connectivity index (χ3n) is 2.94. The molecule has 0 aliphatic rings. The highest BCUT2D eigenvalue weighted by atomic mass is 16.3. The number of benzene rings is 1. The summed E-state index contributed by atoms with van der Waals surface area (Å²) in [5.74, 6) is 0.0601. The molecule has 0 bridgehead atoms. The van der Waals surface area contributed by atoms with Crippen molar-refractivity contribution in [2.45, 2.75) is 26.4 Å². The zero-order chi connectivity index (χ0) is 10.8. The molecule has 0 amide bonds. The minimum Gasteiger partial charge on any atom is -0.385 e. The minimum absolute atomic E-state index is 0.0601. The lowest BCUT2D eigenvalue weighted by molar-refractivity contribution is 0.0162. The highest BCUT2D eigenvalue weighted by Gasteiger charge is 2.30. The maximum Gasteiger partial charge on any atom is 0.0930 e. The van der Waals surface area contributed by atoms with Crippen molar-refractivity contribution in [1.29, 1.82) is 0 Å². The predicted molar refractivity (Wildman–Crippen MR) is 60.0 cm³/mol. The van der Waals surface area contributed by atoms with Gasteiger partial charge in [0.05, 0.1) is 5.60 Å². The topological polar surface area (TPSA) is 20.2 Å². The van der Waals surface area contributed by atoms with Gasteiger partial charge in [-0.15, -0.1) is 0 Å². The van der Waals surface area contributed by atoms with Gasteiger partial charge in [0.15, 0.2) is 0 Å². The van der Waals surface area contributed by atoms with Crippen molar-refractivity contribution in [3.8, 4) is 0 Å². The maximum absolute atomic E-state index is 10.4. The van der Waals surface area contributed by atoms with E-state index >= 15 is 0 Å². The highest BCUT2D eigenvalue weighted by Crippen LogP contribution is 2.32. The Labute approximate surface area is 86.1 Å². The molecule has 1 N–H and O–H groups in total. The average molecular weight is 190 g/mol. The molecule has 0 aliphatic heterocycles. The second-order valence-electron chi connectivity index (χ2n) is 4.08. The fourth-order valence-corrected chi connectivity index (χ4v) is 1.51. The molecule has 0 saturated heterocycles. The van der Waals surface area contributed by atoms with Crippen molar-refractivity contribution in [1.82, 2.24) is 0 Å². The van der Waals surface area contributed by atoms with Crippen LogP contribution in [0.4, 0.5) is 0 Å². The van der Waals surface area contributed by atoms with Crippen LogP contribution in [0.3, 0.4) is 0 Å². The van der Waals surface area contributed by atoms with E-state index in [1.165, 1.54) is 0 Å². The lowest BCUT2D eigenvalue weighted by Gasteiger charge is -2.31. The molecule has 2 atom stereocenters. The summed E-state index contributed by atoms with van der Waals surface area (Å²) in [5.41, 5.74) is 1.11. The van der Waals surface area contributed by atoms with Gasteiger partial charge in [-0.05, 0) is 19.4 Å². The molecule has 0 saturated carbocycles. The van der Waals surface area contributed by atoms with Gasteiger partial charge in [0.1, 0.15) is 0 Å². The van der Waals surface area contributed by atoms with Gasteiger partial charge >= 0.3 is 0 Å². The van der Waals surface area contributed by atoms with Gasteiger partial charge in [0.2, 0.25) is 0 Å². The van der Waals surface area contributed by atoms with Crippen LogP contribution in [-0.4, -0.2) is 5.11 Å². The van der Waals surface area contributed by atoms with Crippen molar-refractivity contribution in [3.05, 3.63) is 48.0 Å². The highest BCUT2D eigenvalue weighted by molar-refractivity contribution is 5.24. The lowest BCUT2D eigenvalue weighted by atomic mass is 9.81. The van der Waals surface area contributed by atoms with Gasteiger partial charge in [0, 0.05) is 5.92 Å². The Morgan fingerprint density at radius 2 is 1.86 bits per heavy atom. The quantitative estimate of drug-likeness (QED) is 0.726. The van der Waals surface area contributed by atoms with Crippen molar-refractivity contribution in [2.24, 2.45) is 5.92 Å². The molecule has 0 spiro atoms. The first kappa shape index (κ1) is 11.0. The third-order valence-corrected chi connectivity index (χ3v) is 2.94. The van der Waals surface area contributed by atoms with Gasteiger partial charge in [-0.1, -0.05) is 49.4 Å². The monoisotopic (exact) mass is 190 g/mol. The molecule has 1 rings (SSSR count). The molecule has 1 aromatic rings. The number of hydrogen-bond acceptors (Lipinski definition) is 1. The van der Waals surface area contributed by atoms with E-state index in [9.17, 15) is 5.11 Å². The van der Waals surface area contributed by atoms with Crippen LogP contribution in [0.5, 0.6) is 0 Å². The van der Waals surface area contributed by atoms with Crippen LogP contribution in [0.1, 0.15) is 26.3 Å². The zero-order valence-electron chi connectivity index (χ0n) is 9.12. The minimum atomic E-state index is -0.826. The Kier molecular flexibility index (Phi) is 3.12. The standard InChI is InChI=1S/C13H18O/c1-10(2)11(3)13(4,14)12-8-6-5-7-9-12/h5-9,11,14H,1H2,2-4H3. The summed E-state index contributed by atoms with van der Waals surface area (Å²) in [5, 5.41) is 10.4. The van der Waals surface area contributed by atoms with Crippen LogP contribution in [0.2, 0.25) is 0 Å². The first-order chi connectivity index (χ1) is 6.46. The summed E-state index contributed by atoms with van der Waals surface area (Å²) in [6.07, 6.45) is 0. The van der Waals surface area contributed by atoms with Gasteiger partial charge < -0.3 is 5.11 Å². The summed E-state index contributed by atoms with van der Waals surface area (Å²) < 4.78 is 0. The van der Waals surface area contributed by atoms with Crippen LogP contribution < -0.4 is 0 Å². The molecule has 0 radical (unpaired) electrons. The Balaban J connectivity index is 3.02. The van der Waals surface area contributed by atoms with Crippen molar-refractivity contribution < 1.29 is 5.11 Å². The molecule has 0 aromatic heterocycles. The third kappa shape index (κ3) is 2.05. The Bertz CT molecular complexity index is 311. The van der Waals surface area contributed by atoms with Crippen LogP contribution in [-0.2, 0) is 5.60 Å². The average Bonchev–Trinajstić information content (AvgIpc) is 2.18. The first-order valence-electron chi connectivity index (χ1n) is 4.89. The fourth-order valence-electron chi connectivity index (χ4n) is 1.51. The van der Waals surface area contributed by atoms with Gasteiger partial charge in [-0.25, -0.2) is 0 Å². The second-order valence-corrected chi connectivity index (χ2v) is 4.08. The van der Waals surface area contributed by atoms with Crippen LogP contribution in [0.15, 0.2) is 42.5 Å². The van der Waals surface area contributed by atoms with Crippen molar-refractivity contribution in [3.63, 3.8) is 0 Å². The van der Waals surface area contributed by atoms with E-state index in [-0.39, 0.29) is 5.92 Å². The predicted octanol–water partition coefficient (Wildman–Crippen LogP) is 3.11. The molecule has 0 heterocycles. The largest absolute Gasteiger partial charge is 0.385 e. The zero-order valence-corrected chi connectivity index (χ0v) is 9.12. The molecule has 76 valence electrons. The smallest absolute Gasteiger partial charge is 0.0930 e. The number of aliphatic hydroxyl groups is 1. The molecular weight excluding hydrogens is 172 g/mol. The van der Waals surface area contributed by atoms with Crippen molar-refractivity contribution >= 4 is 0 Å². The second kappa shape index (κ2) is 3.97. The van der Waals surface area contributed by atoms with E-state index in [1.54, 1.807) is 0 Å². The summed E-state index contributed by atoms with van der Waals surface area (Å²) in [4.78, 5) is 0. The molecule has 1 nitrogen and oxygen atoms in total. The van der Waals surface area contributed by atoms with Crippen LogP contribution >= 0.6 is 0 Å². The van der Waals surface area contributed by atoms with Gasteiger partial charge in [0.25, 0.3) is 0 Å². The lowest BCUT2D eigenvalue weighted by Crippen LogP contribution is -2.30. The van der Waals surface area contributed by atoms with E-state index in [1.807, 2.05) is 51.1 Å². The molecule has 1 heteroatoms. The summed E-state index contributed by atoms with van der Waals surface area (Å²) >= 11 is 0. The van der Waals surface area contributed by atoms with E-state index in [2.05, 4.69) is 6.58 Å². The van der Waals surface area contributed by atoms with Gasteiger partial charge in [-0.2, -0.15) is 0 Å². The molecule has 2 unspecified atom stereocenters. The summed E-state index contributed by atoms with van der Waals surface area (Å²) in [6.45, 7) is 9.66. The van der Waals surface area contributed by atoms with E-state index < -0.39 is 5.60 Å². The molecule has 14 heavy (non-hydrogen) atoms. The Hall–Kier alpha value is -1.08. The maximum atomic E-state index is 10.4. The van der Waals surface area contributed by atoms with E-state index in [0.717, 1.165) is 11.1 Å². The molecule has 0 aliphatic carbocycles. The fraction of sp³-hybridized carbons (Fsp3) is 0.385.